The second kappa shape index (κ2) is 8.63. The Morgan fingerprint density at radius 3 is 2.68 bits per heavy atom. The molecule has 34 heavy (non-hydrogen) atoms. The molecule has 7 nitrogen and oxygen atoms in total. The topological polar surface area (TPSA) is 83.3 Å². The first-order valence-corrected chi connectivity index (χ1v) is 11.5. The van der Waals surface area contributed by atoms with Crippen LogP contribution in [0.25, 0.3) is 0 Å². The maximum Gasteiger partial charge on any atom is 0.261 e. The van der Waals surface area contributed by atoms with E-state index in [4.69, 9.17) is 11.6 Å². The normalized spacial score (nSPS) is 17.4. The van der Waals surface area contributed by atoms with Gasteiger partial charge in [-0.15, -0.1) is 0 Å². The van der Waals surface area contributed by atoms with E-state index in [0.29, 0.717) is 46.7 Å². The summed E-state index contributed by atoms with van der Waals surface area (Å²) in [6, 6.07) is 5.41. The standard InChI is InChI=1S/C24H24ClF2N5O2/c1-24(13-33,14-5-6-14)30-22-9-21(17(25)11-28-22)31-8-7-20-15(23(31)34)10-29-32(20)12-16-18(26)3-2-4-19(16)27/h2-4,9-11,14,33H,5-8,12-13H2,1H3,(H,28,30). The van der Waals surface area contributed by atoms with Crippen molar-refractivity contribution in [3.63, 3.8) is 0 Å². The molecule has 1 aromatic carbocycles. The highest BCUT2D eigenvalue weighted by Gasteiger charge is 2.41. The first-order chi connectivity index (χ1) is 16.3. The highest BCUT2D eigenvalue weighted by molar-refractivity contribution is 6.34. The number of fused-ring (bicyclic) bond motifs is 1. The molecule has 1 unspecified atom stereocenters. The molecular formula is C24H24ClF2N5O2. The van der Waals surface area contributed by atoms with Crippen LogP contribution in [0.3, 0.4) is 0 Å². The van der Waals surface area contributed by atoms with Crippen LogP contribution < -0.4 is 10.2 Å². The van der Waals surface area contributed by atoms with E-state index in [0.717, 1.165) is 12.8 Å². The highest BCUT2D eigenvalue weighted by atomic mass is 35.5. The Balaban J connectivity index is 1.41. The molecule has 5 rings (SSSR count). The molecule has 1 aliphatic heterocycles. The number of rotatable bonds is 7. The summed E-state index contributed by atoms with van der Waals surface area (Å²) in [4.78, 5) is 19.2. The van der Waals surface area contributed by atoms with Crippen molar-refractivity contribution in [2.24, 2.45) is 5.92 Å². The van der Waals surface area contributed by atoms with E-state index in [1.165, 1.54) is 35.3 Å². The van der Waals surface area contributed by atoms with Crippen molar-refractivity contribution in [2.45, 2.75) is 38.3 Å². The summed E-state index contributed by atoms with van der Waals surface area (Å²) in [6.45, 7) is 2.13. The minimum Gasteiger partial charge on any atom is -0.394 e. The van der Waals surface area contributed by atoms with E-state index in [-0.39, 0.29) is 24.6 Å². The Morgan fingerprint density at radius 2 is 2.00 bits per heavy atom. The van der Waals surface area contributed by atoms with Crippen LogP contribution in [0.5, 0.6) is 0 Å². The molecule has 1 atom stereocenters. The maximum atomic E-state index is 14.1. The number of anilines is 2. The summed E-state index contributed by atoms with van der Waals surface area (Å²) in [5.41, 5.74) is 0.885. The van der Waals surface area contributed by atoms with Gasteiger partial charge >= 0.3 is 0 Å². The molecule has 0 spiro atoms. The van der Waals surface area contributed by atoms with Gasteiger partial charge in [0, 0.05) is 24.6 Å². The SMILES string of the molecule is CC(CO)(Nc1cc(N2CCc3c(cnn3Cc3c(F)cccc3F)C2=O)c(Cl)cn1)C1CC1. The van der Waals surface area contributed by atoms with Crippen molar-refractivity contribution in [2.75, 3.05) is 23.4 Å². The average Bonchev–Trinajstić information content (AvgIpc) is 3.60. The van der Waals surface area contributed by atoms with Crippen LogP contribution in [0.2, 0.25) is 5.02 Å². The minimum atomic E-state index is -0.655. The predicted octanol–water partition coefficient (Wildman–Crippen LogP) is 4.03. The van der Waals surface area contributed by atoms with Gasteiger partial charge in [-0.25, -0.2) is 13.8 Å². The van der Waals surface area contributed by atoms with Gasteiger partial charge in [0.2, 0.25) is 0 Å². The highest BCUT2D eigenvalue weighted by Crippen LogP contribution is 2.41. The Bertz CT molecular complexity index is 1240. The summed E-state index contributed by atoms with van der Waals surface area (Å²) in [5.74, 6) is -0.724. The molecule has 2 aromatic heterocycles. The predicted molar refractivity (Wildman–Crippen MR) is 124 cm³/mol. The van der Waals surface area contributed by atoms with E-state index in [1.54, 1.807) is 11.0 Å². The smallest absolute Gasteiger partial charge is 0.261 e. The van der Waals surface area contributed by atoms with Gasteiger partial charge in [0.05, 0.1) is 53.1 Å². The molecule has 1 aliphatic carbocycles. The number of benzene rings is 1. The third-order valence-corrected chi connectivity index (χ3v) is 7.00. The first kappa shape index (κ1) is 22.7. The summed E-state index contributed by atoms with van der Waals surface area (Å²) < 4.78 is 29.7. The van der Waals surface area contributed by atoms with E-state index in [1.807, 2.05) is 6.92 Å². The zero-order valence-corrected chi connectivity index (χ0v) is 19.3. The summed E-state index contributed by atoms with van der Waals surface area (Å²) in [5, 5.41) is 17.7. The van der Waals surface area contributed by atoms with Crippen molar-refractivity contribution in [1.82, 2.24) is 14.8 Å². The van der Waals surface area contributed by atoms with Crippen molar-refractivity contribution in [3.8, 4) is 0 Å². The van der Waals surface area contributed by atoms with Gasteiger partial charge in [-0.1, -0.05) is 17.7 Å². The lowest BCUT2D eigenvalue weighted by Crippen LogP contribution is -2.41. The zero-order chi connectivity index (χ0) is 24.0. The van der Waals surface area contributed by atoms with Crippen LogP contribution in [0.1, 0.15) is 41.4 Å². The number of aliphatic hydroxyl groups excluding tert-OH is 1. The van der Waals surface area contributed by atoms with Gasteiger partial charge in [0.15, 0.2) is 0 Å². The van der Waals surface area contributed by atoms with E-state index < -0.39 is 17.2 Å². The molecule has 2 aliphatic rings. The quantitative estimate of drug-likeness (QED) is 0.525. The molecule has 3 aromatic rings. The molecule has 0 bridgehead atoms. The van der Waals surface area contributed by atoms with Gasteiger partial charge in [-0.05, 0) is 37.8 Å². The molecule has 10 heteroatoms. The van der Waals surface area contributed by atoms with Crippen LogP contribution in [0.15, 0.2) is 36.7 Å². The monoisotopic (exact) mass is 487 g/mol. The number of hydrogen-bond acceptors (Lipinski definition) is 5. The molecule has 3 heterocycles. The first-order valence-electron chi connectivity index (χ1n) is 11.1. The fourth-order valence-corrected chi connectivity index (χ4v) is 4.71. The lowest BCUT2D eigenvalue weighted by atomic mass is 9.97. The lowest BCUT2D eigenvalue weighted by molar-refractivity contribution is 0.0980. The second-order valence-corrected chi connectivity index (χ2v) is 9.47. The fourth-order valence-electron chi connectivity index (χ4n) is 4.50. The van der Waals surface area contributed by atoms with Gasteiger partial charge in [0.25, 0.3) is 5.91 Å². The third kappa shape index (κ3) is 4.03. The number of carbonyl (C=O) groups excluding carboxylic acids is 1. The van der Waals surface area contributed by atoms with Crippen LogP contribution in [0, 0.1) is 17.6 Å². The van der Waals surface area contributed by atoms with Gasteiger partial charge < -0.3 is 15.3 Å². The number of halogens is 3. The third-order valence-electron chi connectivity index (χ3n) is 6.71. The number of aromatic nitrogens is 3. The van der Waals surface area contributed by atoms with Crippen molar-refractivity contribution in [3.05, 3.63) is 70.1 Å². The molecular weight excluding hydrogens is 464 g/mol. The Kier molecular flexibility index (Phi) is 5.77. The Morgan fingerprint density at radius 1 is 1.26 bits per heavy atom. The lowest BCUT2D eigenvalue weighted by Gasteiger charge is -2.31. The Hall–Kier alpha value is -3.04. The van der Waals surface area contributed by atoms with Crippen LogP contribution in [-0.4, -0.2) is 44.5 Å². The number of pyridine rings is 1. The van der Waals surface area contributed by atoms with E-state index in [9.17, 15) is 18.7 Å². The number of hydrogen-bond donors (Lipinski definition) is 2. The van der Waals surface area contributed by atoms with E-state index in [2.05, 4.69) is 15.4 Å². The number of amides is 1. The number of aliphatic hydroxyl groups is 1. The molecule has 0 saturated heterocycles. The largest absolute Gasteiger partial charge is 0.394 e. The van der Waals surface area contributed by atoms with Gasteiger partial charge in [0.1, 0.15) is 17.5 Å². The van der Waals surface area contributed by atoms with Gasteiger partial charge in [-0.3, -0.25) is 9.48 Å². The summed E-state index contributed by atoms with van der Waals surface area (Å²) >= 11 is 6.41. The molecule has 2 N–H and O–H groups in total. The van der Waals surface area contributed by atoms with Crippen molar-refractivity contribution in [1.29, 1.82) is 0 Å². The van der Waals surface area contributed by atoms with E-state index >= 15 is 0 Å². The molecule has 1 fully saturated rings. The number of nitrogens with one attached hydrogen (secondary N) is 1. The zero-order valence-electron chi connectivity index (χ0n) is 18.6. The summed E-state index contributed by atoms with van der Waals surface area (Å²) in [6.07, 6.45) is 5.43. The van der Waals surface area contributed by atoms with Crippen molar-refractivity contribution >= 4 is 29.0 Å². The van der Waals surface area contributed by atoms with Crippen molar-refractivity contribution < 1.29 is 18.7 Å². The van der Waals surface area contributed by atoms with Crippen LogP contribution in [0.4, 0.5) is 20.3 Å². The molecule has 178 valence electrons. The average molecular weight is 488 g/mol. The Labute approximate surface area is 200 Å². The molecule has 1 saturated carbocycles. The fraction of sp³-hybridized carbons (Fsp3) is 0.375. The number of nitrogens with zero attached hydrogens (tertiary/aromatic N) is 4. The van der Waals surface area contributed by atoms with Crippen LogP contribution >= 0.6 is 11.6 Å². The van der Waals surface area contributed by atoms with Gasteiger partial charge in [-0.2, -0.15) is 5.10 Å². The molecule has 1 amide bonds. The number of carbonyl (C=O) groups is 1. The minimum absolute atomic E-state index is 0.0366. The van der Waals surface area contributed by atoms with Crippen LogP contribution in [-0.2, 0) is 13.0 Å². The summed E-state index contributed by atoms with van der Waals surface area (Å²) in [7, 11) is 0. The molecule has 0 radical (unpaired) electrons. The second-order valence-electron chi connectivity index (χ2n) is 9.07. The maximum absolute atomic E-state index is 14.1.